The van der Waals surface area contributed by atoms with Gasteiger partial charge in [0.05, 0.1) is 17.1 Å². The third-order valence-electron chi connectivity index (χ3n) is 5.30. The van der Waals surface area contributed by atoms with Crippen molar-refractivity contribution in [3.05, 3.63) is 0 Å². The van der Waals surface area contributed by atoms with E-state index in [2.05, 4.69) is 32.2 Å². The van der Waals surface area contributed by atoms with Gasteiger partial charge in [-0.2, -0.15) is 5.26 Å². The molecule has 1 aliphatic carbocycles. The Bertz CT molecular complexity index is 336. The molecule has 3 heteroatoms. The molecule has 0 aromatic heterocycles. The Morgan fingerprint density at radius 3 is 2.22 bits per heavy atom. The van der Waals surface area contributed by atoms with Crippen LogP contribution in [0.3, 0.4) is 0 Å². The fraction of sp³-hybridized carbons (Fsp3) is 0.933. The lowest BCUT2D eigenvalue weighted by Crippen LogP contribution is -2.51. The molecular weight excluding hydrogens is 224 g/mol. The van der Waals surface area contributed by atoms with Crippen LogP contribution in [0.4, 0.5) is 0 Å². The summed E-state index contributed by atoms with van der Waals surface area (Å²) in [4.78, 5) is 0. The highest BCUT2D eigenvalue weighted by molar-refractivity contribution is 5.16. The maximum atomic E-state index is 10.8. The number of β-amino-alcohol motifs (C(OH)–C–C–N with tert-alkyl or cyclic N) is 1. The van der Waals surface area contributed by atoms with Crippen LogP contribution in [-0.2, 0) is 0 Å². The zero-order valence-electron chi connectivity index (χ0n) is 11.9. The highest BCUT2D eigenvalue weighted by Gasteiger charge is 2.54. The van der Waals surface area contributed by atoms with Crippen LogP contribution in [0.5, 0.6) is 0 Å². The van der Waals surface area contributed by atoms with Crippen LogP contribution in [0.1, 0.15) is 52.9 Å². The fourth-order valence-electron chi connectivity index (χ4n) is 3.75. The van der Waals surface area contributed by atoms with E-state index in [-0.39, 0.29) is 0 Å². The molecule has 1 atom stereocenters. The van der Waals surface area contributed by atoms with E-state index in [1.165, 1.54) is 0 Å². The second-order valence-electron chi connectivity index (χ2n) is 7.29. The quantitative estimate of drug-likeness (QED) is 0.751. The average Bonchev–Trinajstić information content (AvgIpc) is 2.76. The van der Waals surface area contributed by atoms with Crippen LogP contribution in [0, 0.1) is 28.1 Å². The summed E-state index contributed by atoms with van der Waals surface area (Å²) >= 11 is 0. The van der Waals surface area contributed by atoms with Crippen LogP contribution in [0.15, 0.2) is 0 Å². The van der Waals surface area contributed by atoms with E-state index in [9.17, 15) is 10.4 Å². The number of aliphatic hydroxyl groups is 1. The van der Waals surface area contributed by atoms with Crippen molar-refractivity contribution in [1.82, 2.24) is 5.32 Å². The van der Waals surface area contributed by atoms with Gasteiger partial charge in [0.25, 0.3) is 0 Å². The molecule has 0 radical (unpaired) electrons. The monoisotopic (exact) mass is 250 g/mol. The van der Waals surface area contributed by atoms with E-state index in [0.717, 1.165) is 38.6 Å². The number of hydrogen-bond acceptors (Lipinski definition) is 3. The van der Waals surface area contributed by atoms with Crippen molar-refractivity contribution in [2.45, 2.75) is 58.5 Å². The third kappa shape index (κ3) is 2.17. The highest BCUT2D eigenvalue weighted by atomic mass is 16.3. The molecule has 2 aliphatic rings. The zero-order valence-corrected chi connectivity index (χ0v) is 11.9. The first-order chi connectivity index (χ1) is 8.33. The van der Waals surface area contributed by atoms with E-state index < -0.39 is 11.0 Å². The Morgan fingerprint density at radius 1 is 1.22 bits per heavy atom. The summed E-state index contributed by atoms with van der Waals surface area (Å²) in [5, 5.41) is 23.6. The molecule has 1 saturated carbocycles. The Kier molecular flexibility index (Phi) is 3.46. The van der Waals surface area contributed by atoms with Crippen LogP contribution in [-0.4, -0.2) is 23.8 Å². The van der Waals surface area contributed by atoms with E-state index in [4.69, 9.17) is 0 Å². The topological polar surface area (TPSA) is 56.0 Å². The minimum absolute atomic E-state index is 0.318. The summed E-state index contributed by atoms with van der Waals surface area (Å²) in [5.41, 5.74) is -0.999. The van der Waals surface area contributed by atoms with Crippen molar-refractivity contribution in [2.24, 2.45) is 16.7 Å². The van der Waals surface area contributed by atoms with Crippen molar-refractivity contribution < 1.29 is 5.11 Å². The molecule has 0 amide bonds. The van der Waals surface area contributed by atoms with Crippen LogP contribution < -0.4 is 5.32 Å². The third-order valence-corrected chi connectivity index (χ3v) is 5.30. The van der Waals surface area contributed by atoms with Gasteiger partial charge in [0.15, 0.2) is 0 Å². The molecule has 2 fully saturated rings. The first-order valence-electron chi connectivity index (χ1n) is 7.17. The largest absolute Gasteiger partial charge is 0.387 e. The molecule has 1 unspecified atom stereocenters. The summed E-state index contributed by atoms with van der Waals surface area (Å²) in [7, 11) is 0. The maximum Gasteiger partial charge on any atom is 0.0968 e. The highest BCUT2D eigenvalue weighted by Crippen LogP contribution is 2.51. The Morgan fingerprint density at radius 2 is 1.83 bits per heavy atom. The van der Waals surface area contributed by atoms with E-state index in [1.54, 1.807) is 0 Å². The van der Waals surface area contributed by atoms with Gasteiger partial charge in [-0.15, -0.1) is 0 Å². The van der Waals surface area contributed by atoms with Gasteiger partial charge in [-0.3, -0.25) is 0 Å². The molecule has 102 valence electrons. The van der Waals surface area contributed by atoms with Crippen LogP contribution >= 0.6 is 0 Å². The summed E-state index contributed by atoms with van der Waals surface area (Å²) in [5.74, 6) is 0.678. The van der Waals surface area contributed by atoms with Gasteiger partial charge in [-0.05, 0) is 50.0 Å². The first-order valence-corrected chi connectivity index (χ1v) is 7.17. The fourth-order valence-corrected chi connectivity index (χ4v) is 3.75. The SMILES string of the molecule is CC(C)(C)C1CCC(C#N)(C2(O)CCNC2)CC1. The molecule has 1 aliphatic heterocycles. The lowest BCUT2D eigenvalue weighted by atomic mass is 9.58. The maximum absolute atomic E-state index is 10.8. The van der Waals surface area contributed by atoms with Crippen molar-refractivity contribution in [3.63, 3.8) is 0 Å². The summed E-state index contributed by atoms with van der Waals surface area (Å²) in [6, 6.07) is 2.48. The Labute approximate surface area is 111 Å². The molecule has 1 heterocycles. The van der Waals surface area contributed by atoms with Crippen LogP contribution in [0.2, 0.25) is 0 Å². The van der Waals surface area contributed by atoms with Gasteiger partial charge in [0, 0.05) is 6.54 Å². The molecule has 0 spiro atoms. The predicted octanol–water partition coefficient (Wildman–Crippen LogP) is 2.46. The number of rotatable bonds is 1. The van der Waals surface area contributed by atoms with Gasteiger partial charge in [0.2, 0.25) is 0 Å². The first kappa shape index (κ1) is 13.8. The lowest BCUT2D eigenvalue weighted by molar-refractivity contribution is -0.0692. The van der Waals surface area contributed by atoms with E-state index in [0.29, 0.717) is 17.9 Å². The standard InChI is InChI=1S/C15H26N2O/c1-13(2,3)12-4-6-14(10-16,7-5-12)15(18)8-9-17-11-15/h12,17-18H,4-9,11H2,1-3H3. The molecule has 2 rings (SSSR count). The minimum Gasteiger partial charge on any atom is -0.387 e. The number of nitrogens with one attached hydrogen (secondary N) is 1. The Balaban J connectivity index is 2.12. The number of nitriles is 1. The normalized spacial score (nSPS) is 41.6. The summed E-state index contributed by atoms with van der Waals surface area (Å²) in [6.45, 7) is 8.26. The zero-order chi connectivity index (χ0) is 13.4. The molecule has 2 N–H and O–H groups in total. The minimum atomic E-state index is -0.801. The van der Waals surface area contributed by atoms with Gasteiger partial charge in [-0.1, -0.05) is 20.8 Å². The molecular formula is C15H26N2O. The van der Waals surface area contributed by atoms with Crippen molar-refractivity contribution >= 4 is 0 Å². The molecule has 1 saturated heterocycles. The van der Waals surface area contributed by atoms with Gasteiger partial charge < -0.3 is 10.4 Å². The van der Waals surface area contributed by atoms with Crippen molar-refractivity contribution in [1.29, 1.82) is 5.26 Å². The molecule has 0 aromatic carbocycles. The molecule has 0 aromatic rings. The summed E-state index contributed by atoms with van der Waals surface area (Å²) < 4.78 is 0. The number of nitrogens with zero attached hydrogens (tertiary/aromatic N) is 1. The molecule has 0 bridgehead atoms. The lowest BCUT2D eigenvalue weighted by Gasteiger charge is -2.46. The molecule has 18 heavy (non-hydrogen) atoms. The van der Waals surface area contributed by atoms with E-state index >= 15 is 0 Å². The van der Waals surface area contributed by atoms with Gasteiger partial charge in [0.1, 0.15) is 0 Å². The number of hydrogen-bond donors (Lipinski definition) is 2. The van der Waals surface area contributed by atoms with Crippen LogP contribution in [0.25, 0.3) is 0 Å². The van der Waals surface area contributed by atoms with Gasteiger partial charge >= 0.3 is 0 Å². The average molecular weight is 250 g/mol. The smallest absolute Gasteiger partial charge is 0.0968 e. The van der Waals surface area contributed by atoms with Gasteiger partial charge in [-0.25, -0.2) is 0 Å². The summed E-state index contributed by atoms with van der Waals surface area (Å²) in [6.07, 6.45) is 4.56. The second kappa shape index (κ2) is 4.51. The Hall–Kier alpha value is -0.590. The van der Waals surface area contributed by atoms with Crippen molar-refractivity contribution in [3.8, 4) is 6.07 Å². The molecule has 3 nitrogen and oxygen atoms in total. The second-order valence-corrected chi connectivity index (χ2v) is 7.29. The van der Waals surface area contributed by atoms with E-state index in [1.807, 2.05) is 0 Å². The predicted molar refractivity (Wildman–Crippen MR) is 71.9 cm³/mol. The van der Waals surface area contributed by atoms with Crippen molar-refractivity contribution in [2.75, 3.05) is 13.1 Å².